The molecule has 2 amide bonds. The molecule has 2 aromatic rings. The summed E-state index contributed by atoms with van der Waals surface area (Å²) in [5, 5.41) is 0.895. The Bertz CT molecular complexity index is 867. The van der Waals surface area contributed by atoms with Gasteiger partial charge in [-0.2, -0.15) is 0 Å². The molecule has 2 heterocycles. The number of aromatic nitrogens is 1. The van der Waals surface area contributed by atoms with Crippen LogP contribution in [-0.2, 0) is 11.2 Å². The molecular formula is C21H26FN3O2S. The quantitative estimate of drug-likeness (QED) is 0.784. The van der Waals surface area contributed by atoms with Crippen molar-refractivity contribution in [3.8, 4) is 0 Å². The number of likely N-dealkylation sites (tertiary alicyclic amines) is 1. The predicted octanol–water partition coefficient (Wildman–Crippen LogP) is 3.59. The van der Waals surface area contributed by atoms with Crippen LogP contribution in [0.25, 0.3) is 0 Å². The molecule has 0 aliphatic carbocycles. The number of hydrogen-bond donors (Lipinski definition) is 0. The monoisotopic (exact) mass is 403 g/mol. The van der Waals surface area contributed by atoms with Gasteiger partial charge in [0.1, 0.15) is 10.7 Å². The maximum absolute atomic E-state index is 13.8. The maximum atomic E-state index is 13.8. The van der Waals surface area contributed by atoms with Crippen LogP contribution in [0.3, 0.4) is 0 Å². The van der Waals surface area contributed by atoms with E-state index in [4.69, 9.17) is 0 Å². The van der Waals surface area contributed by atoms with Crippen molar-refractivity contribution in [3.05, 3.63) is 51.2 Å². The van der Waals surface area contributed by atoms with Crippen LogP contribution in [0.5, 0.6) is 0 Å². The maximum Gasteiger partial charge on any atom is 0.265 e. The number of benzene rings is 1. The lowest BCUT2D eigenvalue weighted by Gasteiger charge is -2.27. The van der Waals surface area contributed by atoms with E-state index in [0.717, 1.165) is 30.0 Å². The molecule has 7 heteroatoms. The average molecular weight is 404 g/mol. The fourth-order valence-corrected chi connectivity index (χ4v) is 4.56. The highest BCUT2D eigenvalue weighted by molar-refractivity contribution is 7.13. The van der Waals surface area contributed by atoms with Crippen molar-refractivity contribution in [3.63, 3.8) is 0 Å². The van der Waals surface area contributed by atoms with Gasteiger partial charge in [0, 0.05) is 26.2 Å². The van der Waals surface area contributed by atoms with Gasteiger partial charge < -0.3 is 9.80 Å². The van der Waals surface area contributed by atoms with Crippen LogP contribution in [0.1, 0.15) is 45.2 Å². The third-order valence-corrected chi connectivity index (χ3v) is 6.38. The number of rotatable bonds is 4. The number of carbonyl (C=O) groups excluding carboxylic acids is 2. The van der Waals surface area contributed by atoms with Crippen LogP contribution in [0.2, 0.25) is 0 Å². The van der Waals surface area contributed by atoms with Gasteiger partial charge in [0.15, 0.2) is 0 Å². The molecule has 1 saturated heterocycles. The molecule has 0 spiro atoms. The van der Waals surface area contributed by atoms with Gasteiger partial charge in [0.2, 0.25) is 5.91 Å². The normalized spacial score (nSPS) is 17.3. The number of thiazole rings is 1. The molecule has 28 heavy (non-hydrogen) atoms. The highest BCUT2D eigenvalue weighted by Gasteiger charge is 2.27. The summed E-state index contributed by atoms with van der Waals surface area (Å²) in [7, 11) is 1.78. The lowest BCUT2D eigenvalue weighted by molar-refractivity contribution is -0.131. The number of hydrogen-bond acceptors (Lipinski definition) is 4. The van der Waals surface area contributed by atoms with Crippen molar-refractivity contribution in [1.82, 2.24) is 14.8 Å². The molecule has 5 nitrogen and oxygen atoms in total. The van der Waals surface area contributed by atoms with E-state index in [1.165, 1.54) is 17.4 Å². The Morgan fingerprint density at radius 3 is 2.68 bits per heavy atom. The van der Waals surface area contributed by atoms with Crippen LogP contribution in [-0.4, -0.2) is 52.8 Å². The Morgan fingerprint density at radius 2 is 2.00 bits per heavy atom. The van der Waals surface area contributed by atoms with Crippen LogP contribution in [0.15, 0.2) is 24.3 Å². The Morgan fingerprint density at radius 1 is 1.25 bits per heavy atom. The molecule has 1 aromatic heterocycles. The molecule has 0 radical (unpaired) electrons. The van der Waals surface area contributed by atoms with Crippen LogP contribution >= 0.6 is 11.3 Å². The summed E-state index contributed by atoms with van der Waals surface area (Å²) >= 11 is 1.44. The minimum atomic E-state index is -0.350. The second-order valence-corrected chi connectivity index (χ2v) is 8.50. The van der Waals surface area contributed by atoms with Crippen molar-refractivity contribution in [2.45, 2.75) is 45.6 Å². The van der Waals surface area contributed by atoms with E-state index in [9.17, 15) is 14.0 Å². The standard InChI is InChI=1S/C21H26FN3O2S/c1-14-20(28-15(2)23-14)21(27)25-11-6-8-17(10-12-25)24(3)19(26)13-16-7-4-5-9-18(16)22/h4-5,7,9,17H,6,8,10-13H2,1-3H3. The molecule has 1 aliphatic heterocycles. The van der Waals surface area contributed by atoms with Crippen molar-refractivity contribution in [1.29, 1.82) is 0 Å². The first-order valence-corrected chi connectivity index (χ1v) is 10.4. The second kappa shape index (κ2) is 8.82. The Hall–Kier alpha value is -2.28. The van der Waals surface area contributed by atoms with Gasteiger partial charge in [0.05, 0.1) is 17.1 Å². The molecule has 0 bridgehead atoms. The average Bonchev–Trinajstić information content (AvgIpc) is 2.86. The number of likely N-dealkylation sites (N-methyl/N-ethyl adjacent to an activating group) is 1. The molecule has 150 valence electrons. The third-order valence-electron chi connectivity index (χ3n) is 5.32. The van der Waals surface area contributed by atoms with E-state index in [2.05, 4.69) is 4.98 Å². The smallest absolute Gasteiger partial charge is 0.265 e. The lowest BCUT2D eigenvalue weighted by Crippen LogP contribution is -2.39. The summed E-state index contributed by atoms with van der Waals surface area (Å²) < 4.78 is 13.8. The topological polar surface area (TPSA) is 53.5 Å². The van der Waals surface area contributed by atoms with Crippen LogP contribution in [0, 0.1) is 19.7 Å². The van der Waals surface area contributed by atoms with Crippen molar-refractivity contribution in [2.75, 3.05) is 20.1 Å². The van der Waals surface area contributed by atoms with E-state index < -0.39 is 0 Å². The number of carbonyl (C=O) groups is 2. The lowest BCUT2D eigenvalue weighted by atomic mass is 10.1. The molecule has 1 fully saturated rings. The van der Waals surface area contributed by atoms with Gasteiger partial charge >= 0.3 is 0 Å². The molecule has 0 N–H and O–H groups in total. The molecule has 3 rings (SSSR count). The highest BCUT2D eigenvalue weighted by Crippen LogP contribution is 2.23. The highest BCUT2D eigenvalue weighted by atomic mass is 32.1. The summed E-state index contributed by atoms with van der Waals surface area (Å²) in [6.45, 7) is 5.06. The first-order chi connectivity index (χ1) is 13.4. The van der Waals surface area contributed by atoms with E-state index in [1.807, 2.05) is 18.7 Å². The summed E-state index contributed by atoms with van der Waals surface area (Å²) in [5.74, 6) is -0.412. The van der Waals surface area contributed by atoms with Crippen molar-refractivity contribution < 1.29 is 14.0 Å². The fourth-order valence-electron chi connectivity index (χ4n) is 3.68. The number of aryl methyl sites for hydroxylation is 2. The SMILES string of the molecule is Cc1nc(C)c(C(=O)N2CCCC(N(C)C(=O)Cc3ccccc3F)CC2)s1. The van der Waals surface area contributed by atoms with Gasteiger partial charge in [0.25, 0.3) is 5.91 Å². The number of halogens is 1. The zero-order valence-corrected chi connectivity index (χ0v) is 17.4. The van der Waals surface area contributed by atoms with Gasteiger partial charge in [-0.05, 0) is 44.7 Å². The van der Waals surface area contributed by atoms with Crippen molar-refractivity contribution in [2.24, 2.45) is 0 Å². The zero-order valence-electron chi connectivity index (χ0n) is 16.6. The van der Waals surface area contributed by atoms with E-state index >= 15 is 0 Å². The number of amides is 2. The Labute approximate surface area is 169 Å². The Balaban J connectivity index is 1.61. The third kappa shape index (κ3) is 4.58. The van der Waals surface area contributed by atoms with Gasteiger partial charge in [-0.25, -0.2) is 9.37 Å². The van der Waals surface area contributed by atoms with Crippen LogP contribution < -0.4 is 0 Å². The van der Waals surface area contributed by atoms with E-state index in [-0.39, 0.29) is 30.1 Å². The summed E-state index contributed by atoms with van der Waals surface area (Å²) in [5.41, 5.74) is 1.20. The summed E-state index contributed by atoms with van der Waals surface area (Å²) in [6, 6.07) is 6.44. The summed E-state index contributed by atoms with van der Waals surface area (Å²) in [4.78, 5) is 34.1. The van der Waals surface area contributed by atoms with Gasteiger partial charge in [-0.1, -0.05) is 18.2 Å². The van der Waals surface area contributed by atoms with Crippen molar-refractivity contribution >= 4 is 23.2 Å². The van der Waals surface area contributed by atoms with E-state index in [1.54, 1.807) is 30.1 Å². The largest absolute Gasteiger partial charge is 0.342 e. The molecule has 1 aromatic carbocycles. The molecule has 0 saturated carbocycles. The molecule has 1 unspecified atom stereocenters. The molecule has 1 atom stereocenters. The molecule has 1 aliphatic rings. The minimum absolute atomic E-state index is 0.0316. The number of nitrogens with zero attached hydrogens (tertiary/aromatic N) is 3. The minimum Gasteiger partial charge on any atom is -0.342 e. The van der Waals surface area contributed by atoms with Crippen LogP contribution in [0.4, 0.5) is 4.39 Å². The predicted molar refractivity (Wildman–Crippen MR) is 108 cm³/mol. The van der Waals surface area contributed by atoms with Gasteiger partial charge in [-0.3, -0.25) is 9.59 Å². The zero-order chi connectivity index (χ0) is 20.3. The second-order valence-electron chi connectivity index (χ2n) is 7.30. The van der Waals surface area contributed by atoms with Gasteiger partial charge in [-0.15, -0.1) is 11.3 Å². The first-order valence-electron chi connectivity index (χ1n) is 9.59. The Kier molecular flexibility index (Phi) is 6.44. The fraction of sp³-hybridized carbons (Fsp3) is 0.476. The molecular weight excluding hydrogens is 377 g/mol. The first kappa shape index (κ1) is 20.5. The van der Waals surface area contributed by atoms with E-state index in [0.29, 0.717) is 23.5 Å². The summed E-state index contributed by atoms with van der Waals surface area (Å²) in [6.07, 6.45) is 2.46.